The first-order chi connectivity index (χ1) is 21.4. The van der Waals surface area contributed by atoms with Crippen LogP contribution in [0.15, 0.2) is 97.2 Å². The summed E-state index contributed by atoms with van der Waals surface area (Å²) in [4.78, 5) is 41.7. The summed E-state index contributed by atoms with van der Waals surface area (Å²) in [6.07, 6.45) is 4.85. The molecule has 2 aromatic heterocycles. The zero-order valence-electron chi connectivity index (χ0n) is 23.6. The molecular formula is C34H29N3O6S. The molecule has 0 spiro atoms. The number of aromatic nitrogens is 1. The van der Waals surface area contributed by atoms with E-state index in [9.17, 15) is 19.5 Å². The summed E-state index contributed by atoms with van der Waals surface area (Å²) in [5.41, 5.74) is 0.465. The molecule has 1 fully saturated rings. The molecular weight excluding hydrogens is 578 g/mol. The number of hydrogen-bond acceptors (Lipinski definition) is 7. The first-order valence-corrected chi connectivity index (χ1v) is 15.1. The van der Waals surface area contributed by atoms with Crippen molar-refractivity contribution in [3.63, 3.8) is 0 Å². The predicted octanol–water partition coefficient (Wildman–Crippen LogP) is 7.16. The van der Waals surface area contributed by atoms with Crippen LogP contribution < -0.4 is 20.1 Å². The van der Waals surface area contributed by atoms with Gasteiger partial charge in [0.1, 0.15) is 11.5 Å². The molecule has 10 heteroatoms. The minimum absolute atomic E-state index is 0.00107. The summed E-state index contributed by atoms with van der Waals surface area (Å²) in [5.74, 6) is -0.0260. The monoisotopic (exact) mass is 607 g/mol. The maximum absolute atomic E-state index is 12.8. The SMILES string of the molecule is O=C(Nc1ccccc1C(=O)O)c1ccc(Oc2ccc(OC3CCC(NC(=O)c4cc5ccccc5s4)CC3)cc2)nc1. The van der Waals surface area contributed by atoms with Crippen molar-refractivity contribution in [2.45, 2.75) is 37.8 Å². The number of fused-ring (bicyclic) bond motifs is 1. The number of amides is 2. The number of nitrogens with zero attached hydrogens (tertiary/aromatic N) is 1. The molecule has 9 nitrogen and oxygen atoms in total. The zero-order chi connectivity index (χ0) is 30.5. The molecule has 5 aromatic rings. The lowest BCUT2D eigenvalue weighted by Crippen LogP contribution is -2.39. The number of para-hydroxylation sites is 1. The lowest BCUT2D eigenvalue weighted by Gasteiger charge is -2.29. The number of pyridine rings is 1. The Morgan fingerprint density at radius 3 is 2.27 bits per heavy atom. The molecule has 0 saturated heterocycles. The van der Waals surface area contributed by atoms with Crippen molar-refractivity contribution in [2.75, 3.05) is 5.32 Å². The van der Waals surface area contributed by atoms with E-state index in [1.807, 2.05) is 42.5 Å². The normalized spacial score (nSPS) is 16.2. The molecule has 1 aliphatic rings. The van der Waals surface area contributed by atoms with Gasteiger partial charge < -0.3 is 25.2 Å². The van der Waals surface area contributed by atoms with Crippen LogP contribution in [-0.2, 0) is 0 Å². The third-order valence-electron chi connectivity index (χ3n) is 7.41. The van der Waals surface area contributed by atoms with Crippen LogP contribution in [0.3, 0.4) is 0 Å². The van der Waals surface area contributed by atoms with Crippen LogP contribution in [-0.4, -0.2) is 40.0 Å². The van der Waals surface area contributed by atoms with Crippen molar-refractivity contribution < 1.29 is 29.0 Å². The number of carboxylic acid groups (broad SMARTS) is 1. The average molecular weight is 608 g/mol. The Hall–Kier alpha value is -5.22. The molecule has 3 N–H and O–H groups in total. The molecule has 6 rings (SSSR count). The largest absolute Gasteiger partial charge is 0.490 e. The maximum Gasteiger partial charge on any atom is 0.337 e. The number of carboxylic acids is 1. The van der Waals surface area contributed by atoms with Gasteiger partial charge in [-0.05, 0) is 85.7 Å². The van der Waals surface area contributed by atoms with Crippen molar-refractivity contribution in [1.82, 2.24) is 10.3 Å². The summed E-state index contributed by atoms with van der Waals surface area (Å²) in [6.45, 7) is 0. The zero-order valence-corrected chi connectivity index (χ0v) is 24.4. The third-order valence-corrected chi connectivity index (χ3v) is 8.53. The molecule has 1 saturated carbocycles. The van der Waals surface area contributed by atoms with E-state index < -0.39 is 11.9 Å². The van der Waals surface area contributed by atoms with Crippen LogP contribution in [0.5, 0.6) is 17.4 Å². The van der Waals surface area contributed by atoms with Gasteiger partial charge in [0.25, 0.3) is 11.8 Å². The summed E-state index contributed by atoms with van der Waals surface area (Å²) in [6, 6.07) is 26.7. The van der Waals surface area contributed by atoms with Crippen molar-refractivity contribution in [3.05, 3.63) is 113 Å². The lowest BCUT2D eigenvalue weighted by atomic mass is 9.93. The molecule has 0 unspecified atom stereocenters. The molecule has 1 aliphatic carbocycles. The highest BCUT2D eigenvalue weighted by Crippen LogP contribution is 2.29. The van der Waals surface area contributed by atoms with Gasteiger partial charge in [0.15, 0.2) is 0 Å². The van der Waals surface area contributed by atoms with E-state index >= 15 is 0 Å². The van der Waals surface area contributed by atoms with Crippen LogP contribution in [0, 0.1) is 0 Å². The minimum atomic E-state index is -1.13. The molecule has 2 amide bonds. The maximum atomic E-state index is 12.8. The van der Waals surface area contributed by atoms with Crippen LogP contribution >= 0.6 is 11.3 Å². The van der Waals surface area contributed by atoms with Gasteiger partial charge in [-0.2, -0.15) is 0 Å². The second-order valence-corrected chi connectivity index (χ2v) is 11.6. The van der Waals surface area contributed by atoms with E-state index in [0.29, 0.717) is 11.6 Å². The van der Waals surface area contributed by atoms with Crippen molar-refractivity contribution in [3.8, 4) is 17.4 Å². The molecule has 0 atom stereocenters. The van der Waals surface area contributed by atoms with E-state index in [2.05, 4.69) is 15.6 Å². The summed E-state index contributed by atoms with van der Waals surface area (Å²) < 4.78 is 13.1. The second-order valence-electron chi connectivity index (χ2n) is 10.5. The lowest BCUT2D eigenvalue weighted by molar-refractivity contribution is 0.0697. The number of ether oxygens (including phenoxy) is 2. The average Bonchev–Trinajstić information content (AvgIpc) is 3.48. The number of anilines is 1. The van der Waals surface area contributed by atoms with Gasteiger partial charge in [-0.25, -0.2) is 9.78 Å². The smallest absolute Gasteiger partial charge is 0.337 e. The summed E-state index contributed by atoms with van der Waals surface area (Å²) in [7, 11) is 0. The first kappa shape index (κ1) is 28.9. The number of nitrogens with one attached hydrogen (secondary N) is 2. The van der Waals surface area contributed by atoms with Gasteiger partial charge in [-0.15, -0.1) is 11.3 Å². The Morgan fingerprint density at radius 1 is 0.818 bits per heavy atom. The molecule has 0 radical (unpaired) electrons. The quantitative estimate of drug-likeness (QED) is 0.162. The van der Waals surface area contributed by atoms with Crippen LogP contribution in [0.2, 0.25) is 0 Å². The van der Waals surface area contributed by atoms with Gasteiger partial charge >= 0.3 is 5.97 Å². The number of hydrogen-bond donors (Lipinski definition) is 3. The van der Waals surface area contributed by atoms with Crippen molar-refractivity contribution in [2.24, 2.45) is 0 Å². The van der Waals surface area contributed by atoms with Gasteiger partial charge in [-0.1, -0.05) is 30.3 Å². The highest BCUT2D eigenvalue weighted by Gasteiger charge is 2.24. The Balaban J connectivity index is 0.964. The molecule has 222 valence electrons. The Labute approximate surface area is 257 Å². The van der Waals surface area contributed by atoms with E-state index in [0.717, 1.165) is 46.4 Å². The van der Waals surface area contributed by atoms with E-state index in [1.165, 1.54) is 29.7 Å². The highest BCUT2D eigenvalue weighted by atomic mass is 32.1. The Kier molecular flexibility index (Phi) is 8.51. The van der Waals surface area contributed by atoms with Gasteiger partial charge in [-0.3, -0.25) is 9.59 Å². The number of rotatable bonds is 9. The fraction of sp³-hybridized carbons (Fsp3) is 0.176. The van der Waals surface area contributed by atoms with E-state index in [4.69, 9.17) is 9.47 Å². The van der Waals surface area contributed by atoms with Gasteiger partial charge in [0.2, 0.25) is 5.88 Å². The number of thiophene rings is 1. The van der Waals surface area contributed by atoms with E-state index in [1.54, 1.807) is 36.4 Å². The minimum Gasteiger partial charge on any atom is -0.490 e. The molecule has 3 aromatic carbocycles. The predicted molar refractivity (Wildman–Crippen MR) is 168 cm³/mol. The Bertz CT molecular complexity index is 1760. The van der Waals surface area contributed by atoms with Crippen molar-refractivity contribution >= 4 is 44.9 Å². The standard InChI is InChI=1S/C34H29N3O6S/c38-32(37-28-7-3-2-6-27(28)34(40)41)22-9-18-31(35-20-22)43-26-16-14-25(15-17-26)42-24-12-10-23(11-13-24)36-33(39)30-19-21-5-1-4-8-29(21)44-30/h1-9,14-20,23-24H,10-13H2,(H,36,39)(H,37,38)(H,40,41). The Morgan fingerprint density at radius 2 is 1.55 bits per heavy atom. The summed E-state index contributed by atoms with van der Waals surface area (Å²) >= 11 is 1.52. The second kappa shape index (κ2) is 13.0. The number of aromatic carboxylic acids is 1. The number of carbonyl (C=O) groups is 3. The van der Waals surface area contributed by atoms with Crippen LogP contribution in [0.1, 0.15) is 56.1 Å². The van der Waals surface area contributed by atoms with E-state index in [-0.39, 0.29) is 34.9 Å². The fourth-order valence-corrected chi connectivity index (χ4v) is 6.09. The first-order valence-electron chi connectivity index (χ1n) is 14.2. The topological polar surface area (TPSA) is 127 Å². The summed E-state index contributed by atoms with van der Waals surface area (Å²) in [5, 5.41) is 16.2. The van der Waals surface area contributed by atoms with Gasteiger partial charge in [0.05, 0.1) is 27.8 Å². The van der Waals surface area contributed by atoms with Crippen LogP contribution in [0.4, 0.5) is 5.69 Å². The van der Waals surface area contributed by atoms with Gasteiger partial charge in [0, 0.05) is 23.0 Å². The third kappa shape index (κ3) is 6.87. The number of carbonyl (C=O) groups excluding carboxylic acids is 2. The molecule has 0 aliphatic heterocycles. The molecule has 0 bridgehead atoms. The van der Waals surface area contributed by atoms with Crippen LogP contribution in [0.25, 0.3) is 10.1 Å². The highest BCUT2D eigenvalue weighted by molar-refractivity contribution is 7.20. The number of benzene rings is 3. The van der Waals surface area contributed by atoms with Crippen molar-refractivity contribution in [1.29, 1.82) is 0 Å². The molecule has 44 heavy (non-hydrogen) atoms. The fourth-order valence-electron chi connectivity index (χ4n) is 5.12. The molecule has 2 heterocycles.